The summed E-state index contributed by atoms with van der Waals surface area (Å²) in [6, 6.07) is 106. The summed E-state index contributed by atoms with van der Waals surface area (Å²) in [5, 5.41) is 19.8. The van der Waals surface area contributed by atoms with E-state index in [9.17, 15) is 33.6 Å². The molecule has 0 N–H and O–H groups in total. The van der Waals surface area contributed by atoms with Gasteiger partial charge in [0.25, 0.3) is 0 Å². The van der Waals surface area contributed by atoms with Crippen LogP contribution in [-0.2, 0) is 33.8 Å². The van der Waals surface area contributed by atoms with E-state index in [1.165, 1.54) is 6.92 Å². The van der Waals surface area contributed by atoms with E-state index in [1.54, 1.807) is 190 Å². The zero-order chi connectivity index (χ0) is 81.1. The lowest BCUT2D eigenvalue weighted by molar-refractivity contribution is -0.143. The lowest BCUT2D eigenvalue weighted by Crippen LogP contribution is -2.17. The molecular formula is C93H80BrN5O13S2. The number of halogens is 1. The molecule has 0 bridgehead atoms. The van der Waals surface area contributed by atoms with Crippen molar-refractivity contribution >= 4 is 109 Å². The molecule has 0 fully saturated rings. The largest absolute Gasteiger partial charge is 0.497 e. The highest BCUT2D eigenvalue weighted by Crippen LogP contribution is 2.30. The molecule has 12 rings (SSSR count). The van der Waals surface area contributed by atoms with Crippen LogP contribution in [-0.4, -0.2) is 82.4 Å². The van der Waals surface area contributed by atoms with E-state index < -0.39 is 29.8 Å². The van der Waals surface area contributed by atoms with Crippen LogP contribution in [0.3, 0.4) is 0 Å². The molecule has 0 atom stereocenters. The van der Waals surface area contributed by atoms with Gasteiger partial charge in [-0.15, -0.1) is 0 Å². The minimum atomic E-state index is -0.578. The second-order valence-corrected chi connectivity index (χ2v) is 27.4. The van der Waals surface area contributed by atoms with E-state index in [-0.39, 0.29) is 35.3 Å². The highest BCUT2D eigenvalue weighted by molar-refractivity contribution is 9.09. The predicted octanol–water partition coefficient (Wildman–Crippen LogP) is 21.2. The number of oxime groups is 5. The quantitative estimate of drug-likeness (QED) is 0.0170. The Hall–Kier alpha value is -13.3. The van der Waals surface area contributed by atoms with Crippen molar-refractivity contribution in [1.82, 2.24) is 0 Å². The standard InChI is InChI=1S/C23H18BrNO3S.C22H17NO3S.C17H17NO2.C16H15NO3.C15H13NO2/c24-16-15-21(26)28-25-22(17-7-3-1-4-8-17)23(27)18-11-13-20(14-12-18)29-19-9-5-2-6-10-19;1-16(24)26-23-21(17-8-4-2-5-9-17)22(25)18-12-14-20(15-13-18)27-19-10-6-3-7-11-19;1-13(2)16(14-9-5-3-6-10-14)18-20-17(19)15-11-7-4-8-12-15;1-12(13-8-10-15(19-2)11-9-13)17-20-16(18)14-6-4-3-5-7-14;1-12(13-8-4-2-5-9-13)16-18-15(17)14-10-6-3-7-11-14/h1-14H,15-16H2;2-15H,1H3;3-13H,1-2H3;3-11H,1-2H3;2-11H,1H3/b25-22+;23-21+;18-16+;17-12+;16-12+. The van der Waals surface area contributed by atoms with E-state index in [0.29, 0.717) is 55.7 Å². The van der Waals surface area contributed by atoms with Crippen molar-refractivity contribution in [3.8, 4) is 5.75 Å². The minimum absolute atomic E-state index is 0.0919. The Bertz CT molecular complexity index is 5190. The average molecular weight is 1620 g/mol. The van der Waals surface area contributed by atoms with Crippen molar-refractivity contribution < 1.29 is 62.5 Å². The number of hydrogen-bond donors (Lipinski definition) is 0. The van der Waals surface area contributed by atoms with E-state index in [4.69, 9.17) is 28.9 Å². The van der Waals surface area contributed by atoms with Gasteiger partial charge in [-0.05, 0) is 170 Å². The zero-order valence-corrected chi connectivity index (χ0v) is 66.4. The van der Waals surface area contributed by atoms with Crippen molar-refractivity contribution in [2.75, 3.05) is 12.4 Å². The van der Waals surface area contributed by atoms with Gasteiger partial charge in [-0.25, -0.2) is 24.0 Å². The summed E-state index contributed by atoms with van der Waals surface area (Å²) in [4.78, 5) is 113. The third kappa shape index (κ3) is 29.5. The molecule has 0 heterocycles. The first-order valence-electron chi connectivity index (χ1n) is 35.6. The van der Waals surface area contributed by atoms with Crippen LogP contribution in [0, 0.1) is 5.92 Å². The van der Waals surface area contributed by atoms with Crippen molar-refractivity contribution in [3.05, 3.63) is 401 Å². The monoisotopic (exact) mass is 1620 g/mol. The van der Waals surface area contributed by atoms with Gasteiger partial charge in [0.15, 0.2) is 11.4 Å². The lowest BCUT2D eigenvalue weighted by Gasteiger charge is -2.09. The van der Waals surface area contributed by atoms with E-state index in [0.717, 1.165) is 47.7 Å². The van der Waals surface area contributed by atoms with Crippen molar-refractivity contribution in [1.29, 1.82) is 0 Å². The molecule has 12 aromatic rings. The van der Waals surface area contributed by atoms with E-state index in [1.807, 2.05) is 214 Å². The molecule has 0 saturated carbocycles. The number of alkyl halides is 1. The summed E-state index contributed by atoms with van der Waals surface area (Å²) in [5.41, 5.74) is 8.57. The van der Waals surface area contributed by atoms with E-state index >= 15 is 0 Å². The normalized spacial score (nSPS) is 11.1. The molecule has 0 aliphatic heterocycles. The van der Waals surface area contributed by atoms with Crippen molar-refractivity contribution in [2.24, 2.45) is 31.7 Å². The van der Waals surface area contributed by atoms with Gasteiger partial charge in [0.05, 0.1) is 47.4 Å². The molecule has 114 heavy (non-hydrogen) atoms. The summed E-state index contributed by atoms with van der Waals surface area (Å²) in [7, 11) is 1.61. The van der Waals surface area contributed by atoms with Crippen LogP contribution < -0.4 is 4.74 Å². The summed E-state index contributed by atoms with van der Waals surface area (Å²) in [5.74, 6) is -2.13. The van der Waals surface area contributed by atoms with Crippen LogP contribution in [0.25, 0.3) is 0 Å². The van der Waals surface area contributed by atoms with Gasteiger partial charge >= 0.3 is 29.8 Å². The van der Waals surface area contributed by atoms with Crippen LogP contribution >= 0.6 is 39.5 Å². The SMILES string of the molecule is C/C(=N\OC(=O)c1ccccc1)c1ccccc1.CC(=O)O/N=C(/C(=O)c1ccc(Sc2ccccc2)cc1)c1ccccc1.CC(C)/C(=N\OC(=O)c1ccccc1)c1ccccc1.COc1ccc(/C(C)=N/OC(=O)c2ccccc2)cc1.O=C(CCBr)O/N=C(/C(=O)c1ccc(Sc2ccccc2)cc1)c1ccccc1. The van der Waals surface area contributed by atoms with Gasteiger partial charge in [0, 0.05) is 54.1 Å². The lowest BCUT2D eigenvalue weighted by atomic mass is 10.0. The number of Topliss-reactive ketones (excluding diaryl/α,β-unsaturated/α-hetero) is 2. The second kappa shape index (κ2) is 47.7. The number of carbonyl (C=O) groups is 7. The number of carbonyl (C=O) groups excluding carboxylic acids is 7. The smallest absolute Gasteiger partial charge is 0.365 e. The Labute approximate surface area is 679 Å². The maximum absolute atomic E-state index is 13.0. The van der Waals surface area contributed by atoms with Gasteiger partial charge in [-0.3, -0.25) is 9.59 Å². The first-order chi connectivity index (χ1) is 55.5. The van der Waals surface area contributed by atoms with Gasteiger partial charge < -0.3 is 28.9 Å². The zero-order valence-electron chi connectivity index (χ0n) is 63.1. The Morgan fingerprint density at radius 1 is 0.307 bits per heavy atom. The van der Waals surface area contributed by atoms with Crippen LogP contribution in [0.5, 0.6) is 5.75 Å². The fourth-order valence-corrected chi connectivity index (χ4v) is 11.8. The fraction of sp³-hybridized carbons (Fsp3) is 0.0968. The first kappa shape index (κ1) is 86.3. The number of ether oxygens (including phenoxy) is 1. The summed E-state index contributed by atoms with van der Waals surface area (Å²) < 4.78 is 5.08. The van der Waals surface area contributed by atoms with Crippen LogP contribution in [0.4, 0.5) is 0 Å². The van der Waals surface area contributed by atoms with Gasteiger partial charge in [0.2, 0.25) is 11.6 Å². The van der Waals surface area contributed by atoms with Crippen molar-refractivity contribution in [3.63, 3.8) is 0 Å². The molecule has 18 nitrogen and oxygen atoms in total. The maximum Gasteiger partial charge on any atom is 0.365 e. The Morgan fingerprint density at radius 2 is 0.588 bits per heavy atom. The Balaban J connectivity index is 0.000000181. The molecule has 0 saturated heterocycles. The summed E-state index contributed by atoms with van der Waals surface area (Å²) in [6.07, 6.45) is 0.172. The number of hydrogen-bond acceptors (Lipinski definition) is 20. The fourth-order valence-electron chi connectivity index (χ4n) is 9.75. The number of nitrogens with zero attached hydrogens (tertiary/aromatic N) is 5. The molecular weight excluding hydrogens is 1540 g/mol. The van der Waals surface area contributed by atoms with Gasteiger partial charge in [0.1, 0.15) is 5.75 Å². The molecule has 0 aliphatic rings. The minimum Gasteiger partial charge on any atom is -0.497 e. The Morgan fingerprint density at radius 3 is 0.912 bits per heavy atom. The molecule has 0 amide bonds. The maximum atomic E-state index is 13.0. The summed E-state index contributed by atoms with van der Waals surface area (Å²) >= 11 is 6.41. The average Bonchev–Trinajstić information content (AvgIpc) is 0.818. The molecule has 0 spiro atoms. The van der Waals surface area contributed by atoms with Crippen molar-refractivity contribution in [2.45, 2.75) is 60.6 Å². The topological polar surface area (TPSA) is 237 Å². The molecule has 0 aromatic heterocycles. The third-order valence-corrected chi connectivity index (χ3v) is 18.0. The predicted molar refractivity (Wildman–Crippen MR) is 452 cm³/mol. The van der Waals surface area contributed by atoms with Crippen LogP contribution in [0.15, 0.2) is 391 Å². The van der Waals surface area contributed by atoms with Gasteiger partial charge in [-0.1, -0.05) is 291 Å². The molecule has 21 heteroatoms. The second-order valence-electron chi connectivity index (χ2n) is 24.3. The highest BCUT2D eigenvalue weighted by Gasteiger charge is 2.21. The highest BCUT2D eigenvalue weighted by atomic mass is 79.9. The van der Waals surface area contributed by atoms with Crippen LogP contribution in [0.2, 0.25) is 0 Å². The third-order valence-electron chi connectivity index (χ3n) is 15.6. The van der Waals surface area contributed by atoms with Crippen LogP contribution in [0.1, 0.15) is 121 Å². The first-order valence-corrected chi connectivity index (χ1v) is 38.4. The van der Waals surface area contributed by atoms with E-state index in [2.05, 4.69) is 41.7 Å². The molecule has 0 unspecified atom stereocenters. The Kier molecular flexibility index (Phi) is 36.1. The summed E-state index contributed by atoms with van der Waals surface area (Å²) in [6.45, 7) is 8.85. The number of benzene rings is 12. The molecule has 0 aliphatic carbocycles. The number of ketones is 2. The molecule has 0 radical (unpaired) electrons. The number of methoxy groups -OCH3 is 1. The number of rotatable bonds is 25. The molecule has 574 valence electrons. The molecule has 12 aromatic carbocycles. The van der Waals surface area contributed by atoms with Gasteiger partial charge in [-0.2, -0.15) is 0 Å².